The van der Waals surface area contributed by atoms with E-state index in [1.807, 2.05) is 38.1 Å². The number of carbonyl (C=O) groups excluding carboxylic acids is 4. The Morgan fingerprint density at radius 1 is 0.909 bits per heavy atom. The van der Waals surface area contributed by atoms with Gasteiger partial charge in [-0.05, 0) is 66.7 Å². The van der Waals surface area contributed by atoms with Crippen LogP contribution >= 0.6 is 27.0 Å². The molecule has 242 valence electrons. The van der Waals surface area contributed by atoms with Gasteiger partial charge >= 0.3 is 6.09 Å². The maximum atomic E-state index is 13.2. The average Bonchev–Trinajstić information content (AvgIpc) is 3.62. The van der Waals surface area contributed by atoms with Crippen LogP contribution in [0.25, 0.3) is 11.1 Å². The maximum Gasteiger partial charge on any atom is 0.407 e. The molecule has 4 rings (SSSR count). The van der Waals surface area contributed by atoms with Crippen molar-refractivity contribution < 1.29 is 23.9 Å². The number of primary amides is 1. The Morgan fingerprint density at radius 3 is 2.07 bits per heavy atom. The minimum absolute atomic E-state index is 0. The molecule has 2 aliphatic rings. The van der Waals surface area contributed by atoms with Crippen LogP contribution in [-0.4, -0.2) is 42.9 Å². The molecule has 2 atom stereocenters. The second kappa shape index (κ2) is 18.1. The number of Topliss-reactive ketones (excluding diaryl/α,β-unsaturated/α-hetero) is 1. The van der Waals surface area contributed by atoms with Gasteiger partial charge in [0.1, 0.15) is 6.61 Å². The number of rotatable bonds is 15. The van der Waals surface area contributed by atoms with E-state index in [-0.39, 0.29) is 69.5 Å². The molecule has 4 N–H and O–H groups in total. The number of hydrogen-bond donors (Lipinski definition) is 3. The monoisotopic (exact) mass is 643 g/mol. The highest BCUT2D eigenvalue weighted by Gasteiger charge is 2.31. The van der Waals surface area contributed by atoms with Crippen LogP contribution in [-0.2, 0) is 19.1 Å². The van der Waals surface area contributed by atoms with Gasteiger partial charge in [-0.2, -0.15) is 27.0 Å². The minimum Gasteiger partial charge on any atom is -0.449 e. The molecule has 1 fully saturated rings. The number of benzene rings is 2. The van der Waals surface area contributed by atoms with E-state index in [9.17, 15) is 19.2 Å². The average molecular weight is 644 g/mol. The predicted octanol–water partition coefficient (Wildman–Crippen LogP) is 5.70. The van der Waals surface area contributed by atoms with Crippen molar-refractivity contribution in [1.29, 1.82) is 0 Å². The van der Waals surface area contributed by atoms with Gasteiger partial charge in [0, 0.05) is 30.7 Å². The van der Waals surface area contributed by atoms with Crippen LogP contribution in [0.2, 0.25) is 0 Å². The number of unbranched alkanes of at least 4 members (excludes halogenated alkanes) is 1. The van der Waals surface area contributed by atoms with Crippen LogP contribution < -0.4 is 16.4 Å². The third kappa shape index (κ3) is 10.0. The van der Waals surface area contributed by atoms with E-state index in [1.54, 1.807) is 0 Å². The summed E-state index contributed by atoms with van der Waals surface area (Å²) in [7, 11) is 0. The Bertz CT molecular complexity index is 1220. The fraction of sp³-hybridized carbons (Fsp3) is 0.529. The molecular formula is C34H49N3O5S2. The molecule has 2 aromatic rings. The van der Waals surface area contributed by atoms with Gasteiger partial charge in [0.2, 0.25) is 11.8 Å². The lowest BCUT2D eigenvalue weighted by molar-refractivity contribution is -0.132. The number of amides is 3. The second-order valence-corrected chi connectivity index (χ2v) is 12.2. The molecule has 0 aromatic heterocycles. The standard InChI is InChI=1S/C34H45N3O5.2H2S/c1-22(2)19-24(32(35)39)20-31(38)30(37-33(40)23-11-3-4-12-23)17-9-10-18-36-34(41)42-21-29-27-15-7-5-13-25(27)26-14-6-8-16-28(26)29;;/h5-8,13-16,22-24,29-30H,3-4,9-12,17-21H2,1-2H3,(H2,35,39)(H,36,41)(H,37,40);2*1H2/t24-,30+;;/m1../s1. The van der Waals surface area contributed by atoms with Crippen molar-refractivity contribution in [3.63, 3.8) is 0 Å². The molecule has 0 bridgehead atoms. The number of fused-ring (bicyclic) bond motifs is 3. The highest BCUT2D eigenvalue weighted by atomic mass is 32.1. The number of hydrogen-bond acceptors (Lipinski definition) is 5. The zero-order valence-corrected chi connectivity index (χ0v) is 27.9. The second-order valence-electron chi connectivity index (χ2n) is 12.2. The molecule has 8 nitrogen and oxygen atoms in total. The van der Waals surface area contributed by atoms with Gasteiger partial charge in [0.05, 0.1) is 6.04 Å². The van der Waals surface area contributed by atoms with Crippen LogP contribution in [0.4, 0.5) is 4.79 Å². The largest absolute Gasteiger partial charge is 0.449 e. The van der Waals surface area contributed by atoms with Gasteiger partial charge in [-0.1, -0.05) is 75.2 Å². The fourth-order valence-electron chi connectivity index (χ4n) is 6.36. The Kier molecular flexibility index (Phi) is 15.3. The van der Waals surface area contributed by atoms with E-state index < -0.39 is 24.0 Å². The first-order chi connectivity index (χ1) is 20.2. The van der Waals surface area contributed by atoms with Crippen molar-refractivity contribution in [2.75, 3.05) is 13.2 Å². The maximum absolute atomic E-state index is 13.2. The Balaban J connectivity index is 0.00000337. The molecule has 0 heterocycles. The summed E-state index contributed by atoms with van der Waals surface area (Å²) >= 11 is 0. The lowest BCUT2D eigenvalue weighted by atomic mass is 9.89. The predicted molar refractivity (Wildman–Crippen MR) is 183 cm³/mol. The molecule has 10 heteroatoms. The first-order valence-corrected chi connectivity index (χ1v) is 15.5. The number of ether oxygens (including phenoxy) is 1. The van der Waals surface area contributed by atoms with Crippen LogP contribution in [0.15, 0.2) is 48.5 Å². The lowest BCUT2D eigenvalue weighted by Crippen LogP contribution is -2.44. The first-order valence-electron chi connectivity index (χ1n) is 15.5. The zero-order chi connectivity index (χ0) is 30.1. The number of nitrogens with one attached hydrogen (secondary N) is 2. The van der Waals surface area contributed by atoms with Gasteiger partial charge in [-0.15, -0.1) is 0 Å². The molecule has 44 heavy (non-hydrogen) atoms. The Hall–Kier alpha value is -2.98. The van der Waals surface area contributed by atoms with Gasteiger partial charge < -0.3 is 21.1 Å². The van der Waals surface area contributed by atoms with Gasteiger partial charge in [-0.3, -0.25) is 14.4 Å². The summed E-state index contributed by atoms with van der Waals surface area (Å²) < 4.78 is 5.61. The van der Waals surface area contributed by atoms with Gasteiger partial charge in [-0.25, -0.2) is 4.79 Å². The summed E-state index contributed by atoms with van der Waals surface area (Å²) in [6.45, 7) is 4.62. The van der Waals surface area contributed by atoms with E-state index in [1.165, 1.54) is 11.1 Å². The van der Waals surface area contributed by atoms with E-state index >= 15 is 0 Å². The van der Waals surface area contributed by atoms with E-state index in [0.29, 0.717) is 32.2 Å². The molecular weight excluding hydrogens is 595 g/mol. The number of alkyl carbamates (subject to hydrolysis) is 1. The molecule has 3 amide bonds. The van der Waals surface area contributed by atoms with Crippen LogP contribution in [0.1, 0.15) is 88.7 Å². The molecule has 0 spiro atoms. The number of ketones is 1. The summed E-state index contributed by atoms with van der Waals surface area (Å²) in [5.74, 6) is -1.09. The van der Waals surface area contributed by atoms with Crippen LogP contribution in [0, 0.1) is 17.8 Å². The third-order valence-electron chi connectivity index (χ3n) is 8.57. The zero-order valence-electron chi connectivity index (χ0n) is 25.9. The van der Waals surface area contributed by atoms with Crippen molar-refractivity contribution in [2.45, 2.75) is 83.6 Å². The molecule has 2 aromatic carbocycles. The SMILES string of the molecule is CC(C)C[C@H](CC(=O)[C@H](CCCCNC(=O)OCC1c2ccccc2-c2ccccc21)NC(=O)C1CCCC1)C(N)=O.S.S. The molecule has 2 aliphatic carbocycles. The summed E-state index contributed by atoms with van der Waals surface area (Å²) in [5, 5.41) is 5.79. The first kappa shape index (κ1) is 37.2. The molecule has 1 saturated carbocycles. The number of carbonyl (C=O) groups is 4. The normalized spacial score (nSPS) is 15.2. The lowest BCUT2D eigenvalue weighted by Gasteiger charge is -2.22. The van der Waals surface area contributed by atoms with E-state index in [0.717, 1.165) is 36.8 Å². The van der Waals surface area contributed by atoms with Crippen molar-refractivity contribution in [3.8, 4) is 11.1 Å². The Labute approximate surface area is 275 Å². The number of nitrogens with two attached hydrogens (primary N) is 1. The van der Waals surface area contributed by atoms with Crippen molar-refractivity contribution >= 4 is 50.7 Å². The molecule has 0 aliphatic heterocycles. The summed E-state index contributed by atoms with van der Waals surface area (Å²) in [6, 6.07) is 15.7. The van der Waals surface area contributed by atoms with Gasteiger partial charge in [0.25, 0.3) is 0 Å². The molecule has 0 saturated heterocycles. The van der Waals surface area contributed by atoms with E-state index in [4.69, 9.17) is 10.5 Å². The quantitative estimate of drug-likeness (QED) is 0.215. The third-order valence-corrected chi connectivity index (χ3v) is 8.57. The summed E-state index contributed by atoms with van der Waals surface area (Å²) in [5.41, 5.74) is 10.3. The smallest absolute Gasteiger partial charge is 0.407 e. The van der Waals surface area contributed by atoms with Crippen molar-refractivity contribution in [3.05, 3.63) is 59.7 Å². The molecule has 0 unspecified atom stereocenters. The highest BCUT2D eigenvalue weighted by Crippen LogP contribution is 2.44. The van der Waals surface area contributed by atoms with Gasteiger partial charge in [0.15, 0.2) is 5.78 Å². The topological polar surface area (TPSA) is 128 Å². The Morgan fingerprint density at radius 2 is 1.50 bits per heavy atom. The fourth-order valence-corrected chi connectivity index (χ4v) is 6.36. The molecule has 0 radical (unpaired) electrons. The highest BCUT2D eigenvalue weighted by molar-refractivity contribution is 7.59. The van der Waals surface area contributed by atoms with Crippen LogP contribution in [0.3, 0.4) is 0 Å². The van der Waals surface area contributed by atoms with E-state index in [2.05, 4.69) is 34.9 Å². The minimum atomic E-state index is -0.665. The van der Waals surface area contributed by atoms with Crippen LogP contribution in [0.5, 0.6) is 0 Å². The summed E-state index contributed by atoms with van der Waals surface area (Å²) in [4.78, 5) is 50.6. The summed E-state index contributed by atoms with van der Waals surface area (Å²) in [6.07, 6.45) is 5.51. The van der Waals surface area contributed by atoms with Crippen molar-refractivity contribution in [2.24, 2.45) is 23.5 Å². The van der Waals surface area contributed by atoms with Crippen molar-refractivity contribution in [1.82, 2.24) is 10.6 Å².